The van der Waals surface area contributed by atoms with Crippen LogP contribution in [0.15, 0.2) is 18.2 Å². The molecule has 0 saturated carbocycles. The fourth-order valence-corrected chi connectivity index (χ4v) is 1.31. The molecule has 0 aromatic heterocycles. The molecule has 0 aliphatic carbocycles. The number of carbonyl (C=O) groups is 1. The van der Waals surface area contributed by atoms with Crippen LogP contribution in [0.3, 0.4) is 0 Å². The predicted octanol–water partition coefficient (Wildman–Crippen LogP) is 3.18. The molecule has 5 nitrogen and oxygen atoms in total. The molecule has 8 heteroatoms. The van der Waals surface area contributed by atoms with E-state index in [4.69, 9.17) is 4.74 Å². The van der Waals surface area contributed by atoms with Gasteiger partial charge >= 0.3 is 12.1 Å². The highest BCUT2D eigenvalue weighted by Gasteiger charge is 2.34. The van der Waals surface area contributed by atoms with Gasteiger partial charge in [-0.2, -0.15) is 13.2 Å². The molecular weight excluding hydrogens is 267 g/mol. The summed E-state index contributed by atoms with van der Waals surface area (Å²) in [5, 5.41) is 10.7. The minimum Gasteiger partial charge on any atom is -0.459 e. The number of hydrogen-bond donors (Lipinski definition) is 0. The molecule has 1 aromatic rings. The number of carbonyl (C=O) groups excluding carboxylic acids is 1. The summed E-state index contributed by atoms with van der Waals surface area (Å²) < 4.78 is 42.0. The molecule has 0 heterocycles. The van der Waals surface area contributed by atoms with E-state index in [2.05, 4.69) is 0 Å². The van der Waals surface area contributed by atoms with Crippen molar-refractivity contribution in [3.05, 3.63) is 39.4 Å². The van der Waals surface area contributed by atoms with Crippen LogP contribution in [-0.2, 0) is 10.9 Å². The molecule has 0 unspecified atom stereocenters. The third kappa shape index (κ3) is 3.67. The van der Waals surface area contributed by atoms with Gasteiger partial charge in [0.25, 0.3) is 5.69 Å². The fourth-order valence-electron chi connectivity index (χ4n) is 1.31. The Bertz CT molecular complexity index is 511. The lowest BCUT2D eigenvalue weighted by Crippen LogP contribution is -2.14. The van der Waals surface area contributed by atoms with Crippen molar-refractivity contribution in [3.63, 3.8) is 0 Å². The van der Waals surface area contributed by atoms with Crippen LogP contribution < -0.4 is 0 Å². The number of alkyl halides is 3. The summed E-state index contributed by atoms with van der Waals surface area (Å²) >= 11 is 0. The van der Waals surface area contributed by atoms with Gasteiger partial charge in [0.05, 0.1) is 16.6 Å². The van der Waals surface area contributed by atoms with Gasteiger partial charge in [-0.1, -0.05) is 0 Å². The van der Waals surface area contributed by atoms with Crippen molar-refractivity contribution in [2.75, 3.05) is 0 Å². The van der Waals surface area contributed by atoms with Gasteiger partial charge in [0.1, 0.15) is 5.56 Å². The number of ether oxygens (including phenoxy) is 1. The van der Waals surface area contributed by atoms with Crippen molar-refractivity contribution >= 4 is 11.7 Å². The maximum atomic E-state index is 12.4. The molecule has 1 aromatic carbocycles. The number of nitrogens with zero attached hydrogens (tertiary/aromatic N) is 1. The van der Waals surface area contributed by atoms with E-state index in [9.17, 15) is 28.1 Å². The summed E-state index contributed by atoms with van der Waals surface area (Å²) in [5.41, 5.74) is -2.63. The largest absolute Gasteiger partial charge is 0.459 e. The Labute approximate surface area is 106 Å². The fraction of sp³-hybridized carbons (Fsp3) is 0.364. The lowest BCUT2D eigenvalue weighted by Gasteiger charge is -2.10. The molecule has 0 aliphatic heterocycles. The van der Waals surface area contributed by atoms with E-state index in [-0.39, 0.29) is 0 Å². The third-order valence-corrected chi connectivity index (χ3v) is 2.08. The van der Waals surface area contributed by atoms with E-state index in [1.54, 1.807) is 0 Å². The number of halogens is 3. The van der Waals surface area contributed by atoms with Crippen molar-refractivity contribution in [3.8, 4) is 0 Å². The predicted molar refractivity (Wildman–Crippen MR) is 58.6 cm³/mol. The number of nitro groups is 1. The molecule has 0 fully saturated rings. The minimum absolute atomic E-state index is 0.316. The molecule has 0 amide bonds. The Balaban J connectivity index is 3.27. The van der Waals surface area contributed by atoms with Gasteiger partial charge in [0.15, 0.2) is 0 Å². The van der Waals surface area contributed by atoms with Crippen molar-refractivity contribution in [1.29, 1.82) is 0 Å². The van der Waals surface area contributed by atoms with E-state index in [0.29, 0.717) is 12.1 Å². The molecule has 0 N–H and O–H groups in total. The number of benzene rings is 1. The zero-order valence-electron chi connectivity index (χ0n) is 10.0. The quantitative estimate of drug-likeness (QED) is 0.483. The molecule has 19 heavy (non-hydrogen) atoms. The first-order chi connectivity index (χ1) is 8.62. The zero-order chi connectivity index (χ0) is 14.8. The summed E-state index contributed by atoms with van der Waals surface area (Å²) in [6.45, 7) is 3.04. The Morgan fingerprint density at radius 2 is 1.95 bits per heavy atom. The van der Waals surface area contributed by atoms with Gasteiger partial charge in [-0.25, -0.2) is 4.79 Å². The second-order valence-corrected chi connectivity index (χ2v) is 3.94. The van der Waals surface area contributed by atoms with Crippen LogP contribution in [0.1, 0.15) is 29.8 Å². The zero-order valence-corrected chi connectivity index (χ0v) is 10.0. The molecule has 1 rings (SSSR count). The SMILES string of the molecule is CC(C)OC(=O)c1ccc(C(F)(F)F)cc1[N+](=O)[O-]. The van der Waals surface area contributed by atoms with Gasteiger partial charge in [-0.15, -0.1) is 0 Å². The number of esters is 1. The van der Waals surface area contributed by atoms with Crippen molar-refractivity contribution < 1.29 is 27.6 Å². The molecule has 0 spiro atoms. The Kier molecular flexibility index (Phi) is 4.13. The Morgan fingerprint density at radius 3 is 2.37 bits per heavy atom. The van der Waals surface area contributed by atoms with Crippen LogP contribution in [0.2, 0.25) is 0 Å². The van der Waals surface area contributed by atoms with Crippen molar-refractivity contribution in [1.82, 2.24) is 0 Å². The van der Waals surface area contributed by atoms with E-state index in [1.807, 2.05) is 0 Å². The van der Waals surface area contributed by atoms with Crippen LogP contribution in [0, 0.1) is 10.1 Å². The standard InChI is InChI=1S/C11H10F3NO4/c1-6(2)19-10(16)8-4-3-7(11(12,13)14)5-9(8)15(17)18/h3-6H,1-2H3. The molecule has 0 bridgehead atoms. The van der Waals surface area contributed by atoms with E-state index >= 15 is 0 Å². The Hall–Kier alpha value is -2.12. The van der Waals surface area contributed by atoms with Gasteiger partial charge < -0.3 is 4.74 Å². The molecule has 0 aliphatic rings. The highest BCUT2D eigenvalue weighted by atomic mass is 19.4. The summed E-state index contributed by atoms with van der Waals surface area (Å²) in [6, 6.07) is 1.66. The first-order valence-electron chi connectivity index (χ1n) is 5.19. The monoisotopic (exact) mass is 277 g/mol. The highest BCUT2D eigenvalue weighted by molar-refractivity contribution is 5.94. The lowest BCUT2D eigenvalue weighted by molar-refractivity contribution is -0.385. The summed E-state index contributed by atoms with van der Waals surface area (Å²) in [6.07, 6.45) is -5.25. The van der Waals surface area contributed by atoms with Crippen LogP contribution in [-0.4, -0.2) is 17.0 Å². The summed E-state index contributed by atoms with van der Waals surface area (Å²) in [5.74, 6) is -1.03. The average Bonchev–Trinajstić information content (AvgIpc) is 2.25. The normalized spacial score (nSPS) is 11.5. The number of hydrogen-bond acceptors (Lipinski definition) is 4. The van der Waals surface area contributed by atoms with Crippen LogP contribution in [0.4, 0.5) is 18.9 Å². The first-order valence-corrected chi connectivity index (χ1v) is 5.19. The first kappa shape index (κ1) is 14.9. The van der Waals surface area contributed by atoms with Gasteiger partial charge in [-0.05, 0) is 26.0 Å². The van der Waals surface area contributed by atoms with Gasteiger partial charge in [-0.3, -0.25) is 10.1 Å². The maximum Gasteiger partial charge on any atom is 0.416 e. The second kappa shape index (κ2) is 5.25. The van der Waals surface area contributed by atoms with Gasteiger partial charge in [0, 0.05) is 6.07 Å². The maximum absolute atomic E-state index is 12.4. The third-order valence-electron chi connectivity index (χ3n) is 2.08. The molecule has 104 valence electrons. The molecule has 0 radical (unpaired) electrons. The number of nitro benzene ring substituents is 1. The van der Waals surface area contributed by atoms with Crippen LogP contribution in [0.5, 0.6) is 0 Å². The summed E-state index contributed by atoms with van der Waals surface area (Å²) in [7, 11) is 0. The van der Waals surface area contributed by atoms with E-state index in [0.717, 1.165) is 6.07 Å². The van der Waals surface area contributed by atoms with E-state index < -0.39 is 40.0 Å². The minimum atomic E-state index is -4.72. The molecule has 0 atom stereocenters. The smallest absolute Gasteiger partial charge is 0.416 e. The molecular formula is C11H10F3NO4. The molecule has 0 saturated heterocycles. The second-order valence-electron chi connectivity index (χ2n) is 3.94. The van der Waals surface area contributed by atoms with Crippen LogP contribution in [0.25, 0.3) is 0 Å². The van der Waals surface area contributed by atoms with Gasteiger partial charge in [0.2, 0.25) is 0 Å². The van der Waals surface area contributed by atoms with Crippen molar-refractivity contribution in [2.45, 2.75) is 26.1 Å². The average molecular weight is 277 g/mol. The number of rotatable bonds is 3. The highest BCUT2D eigenvalue weighted by Crippen LogP contribution is 2.33. The summed E-state index contributed by atoms with van der Waals surface area (Å²) in [4.78, 5) is 21.2. The van der Waals surface area contributed by atoms with Crippen LogP contribution >= 0.6 is 0 Å². The van der Waals surface area contributed by atoms with Crippen molar-refractivity contribution in [2.24, 2.45) is 0 Å². The Morgan fingerprint density at radius 1 is 1.37 bits per heavy atom. The lowest BCUT2D eigenvalue weighted by atomic mass is 10.1. The topological polar surface area (TPSA) is 69.4 Å². The van der Waals surface area contributed by atoms with E-state index in [1.165, 1.54) is 13.8 Å².